The molecule has 3 rings (SSSR count). The van der Waals surface area contributed by atoms with Crippen LogP contribution in [0.4, 0.5) is 0 Å². The minimum Gasteiger partial charge on any atom is -0.476 e. The maximum atomic E-state index is 5.75. The molecule has 0 aromatic carbocycles. The molecule has 3 aromatic heterocycles. The standard InChI is InChI=1S/C17H23N5O/c1-7-23-17-14(8-13-9-21(6)20-16(13)18-17)22-12(5)15(10(2)3)11(4)19-22/h8-10H,7H2,1-6H3. The fourth-order valence-electron chi connectivity index (χ4n) is 3.17. The van der Waals surface area contributed by atoms with Crippen molar-refractivity contribution >= 4 is 11.0 Å². The fraction of sp³-hybridized carbons (Fsp3) is 0.471. The molecule has 0 atom stereocenters. The fourth-order valence-corrected chi connectivity index (χ4v) is 3.17. The van der Waals surface area contributed by atoms with E-state index in [2.05, 4.69) is 37.8 Å². The molecule has 3 heterocycles. The van der Waals surface area contributed by atoms with Gasteiger partial charge in [-0.3, -0.25) is 4.68 Å². The highest BCUT2D eigenvalue weighted by molar-refractivity contribution is 5.78. The molecule has 0 unspecified atom stereocenters. The van der Waals surface area contributed by atoms with E-state index in [1.807, 2.05) is 30.9 Å². The second-order valence-electron chi connectivity index (χ2n) is 6.11. The molecule has 6 nitrogen and oxygen atoms in total. The van der Waals surface area contributed by atoms with E-state index in [0.29, 0.717) is 24.1 Å². The average molecular weight is 313 g/mol. The van der Waals surface area contributed by atoms with Gasteiger partial charge in [-0.2, -0.15) is 15.2 Å². The molecule has 0 aliphatic rings. The number of fused-ring (bicyclic) bond motifs is 1. The van der Waals surface area contributed by atoms with Gasteiger partial charge in [-0.15, -0.1) is 0 Å². The number of ether oxygens (including phenoxy) is 1. The molecule has 3 aromatic rings. The SMILES string of the molecule is CCOc1nc2nn(C)cc2cc1-n1nc(C)c(C(C)C)c1C. The molecule has 122 valence electrons. The van der Waals surface area contributed by atoms with Crippen LogP contribution in [0.2, 0.25) is 0 Å². The van der Waals surface area contributed by atoms with Crippen LogP contribution in [0.25, 0.3) is 16.7 Å². The van der Waals surface area contributed by atoms with Crippen LogP contribution in [0, 0.1) is 13.8 Å². The number of rotatable bonds is 4. The molecule has 6 heteroatoms. The number of aryl methyl sites for hydroxylation is 2. The van der Waals surface area contributed by atoms with E-state index in [-0.39, 0.29) is 0 Å². The van der Waals surface area contributed by atoms with E-state index in [1.54, 1.807) is 4.68 Å². The predicted octanol–water partition coefficient (Wildman–Crippen LogP) is 3.29. The summed E-state index contributed by atoms with van der Waals surface area (Å²) >= 11 is 0. The van der Waals surface area contributed by atoms with Crippen molar-refractivity contribution in [3.8, 4) is 11.6 Å². The molecular formula is C17H23N5O. The van der Waals surface area contributed by atoms with E-state index in [0.717, 1.165) is 22.5 Å². The smallest absolute Gasteiger partial charge is 0.242 e. The number of hydrogen-bond donors (Lipinski definition) is 0. The van der Waals surface area contributed by atoms with Gasteiger partial charge >= 0.3 is 0 Å². The Morgan fingerprint density at radius 2 is 1.96 bits per heavy atom. The Hall–Kier alpha value is -2.37. The molecule has 0 aliphatic heterocycles. The second-order valence-corrected chi connectivity index (χ2v) is 6.11. The molecule has 0 aliphatic carbocycles. The first-order valence-electron chi connectivity index (χ1n) is 7.96. The van der Waals surface area contributed by atoms with Crippen LogP contribution in [0.5, 0.6) is 5.88 Å². The van der Waals surface area contributed by atoms with Crippen molar-refractivity contribution in [1.29, 1.82) is 0 Å². The zero-order valence-corrected chi connectivity index (χ0v) is 14.6. The van der Waals surface area contributed by atoms with Gasteiger partial charge < -0.3 is 4.74 Å². The van der Waals surface area contributed by atoms with Crippen LogP contribution >= 0.6 is 0 Å². The van der Waals surface area contributed by atoms with Gasteiger partial charge in [0.05, 0.1) is 12.3 Å². The monoisotopic (exact) mass is 313 g/mol. The maximum absolute atomic E-state index is 5.75. The van der Waals surface area contributed by atoms with Gasteiger partial charge in [0.1, 0.15) is 5.69 Å². The maximum Gasteiger partial charge on any atom is 0.242 e. The Balaban J connectivity index is 2.25. The summed E-state index contributed by atoms with van der Waals surface area (Å²) in [6.45, 7) is 11.0. The summed E-state index contributed by atoms with van der Waals surface area (Å²) in [6.07, 6.45) is 1.95. The molecule has 0 spiro atoms. The number of pyridine rings is 1. The third kappa shape index (κ3) is 2.58. The lowest BCUT2D eigenvalue weighted by atomic mass is 10.0. The first kappa shape index (κ1) is 15.5. The predicted molar refractivity (Wildman–Crippen MR) is 90.4 cm³/mol. The number of aromatic nitrogens is 5. The number of nitrogens with zero attached hydrogens (tertiary/aromatic N) is 5. The lowest BCUT2D eigenvalue weighted by molar-refractivity contribution is 0.326. The van der Waals surface area contributed by atoms with Crippen molar-refractivity contribution in [3.63, 3.8) is 0 Å². The van der Waals surface area contributed by atoms with Crippen molar-refractivity contribution in [1.82, 2.24) is 24.5 Å². The molecule has 0 saturated carbocycles. The highest BCUT2D eigenvalue weighted by Crippen LogP contribution is 2.30. The molecule has 0 radical (unpaired) electrons. The van der Waals surface area contributed by atoms with Gasteiger partial charge in [0.2, 0.25) is 5.88 Å². The van der Waals surface area contributed by atoms with Crippen molar-refractivity contribution in [2.45, 2.75) is 40.5 Å². The summed E-state index contributed by atoms with van der Waals surface area (Å²) in [5, 5.41) is 10.1. The summed E-state index contributed by atoms with van der Waals surface area (Å²) in [7, 11) is 1.89. The summed E-state index contributed by atoms with van der Waals surface area (Å²) in [6, 6.07) is 2.05. The Kier molecular flexibility index (Phi) is 3.83. The van der Waals surface area contributed by atoms with Crippen LogP contribution < -0.4 is 4.74 Å². The Morgan fingerprint density at radius 1 is 1.22 bits per heavy atom. The lowest BCUT2D eigenvalue weighted by Crippen LogP contribution is -2.06. The van der Waals surface area contributed by atoms with E-state index in [9.17, 15) is 0 Å². The van der Waals surface area contributed by atoms with E-state index in [1.165, 1.54) is 5.56 Å². The lowest BCUT2D eigenvalue weighted by Gasteiger charge is -2.11. The summed E-state index contributed by atoms with van der Waals surface area (Å²) < 4.78 is 9.45. The minimum absolute atomic E-state index is 0.425. The van der Waals surface area contributed by atoms with Crippen LogP contribution in [0.3, 0.4) is 0 Å². The molecule has 0 N–H and O–H groups in total. The molecule has 0 saturated heterocycles. The molecular weight excluding hydrogens is 290 g/mol. The molecule has 0 amide bonds. The zero-order chi connectivity index (χ0) is 16.7. The Labute approximate surface area is 136 Å². The zero-order valence-electron chi connectivity index (χ0n) is 14.6. The van der Waals surface area contributed by atoms with Crippen LogP contribution in [-0.2, 0) is 7.05 Å². The third-order valence-electron chi connectivity index (χ3n) is 3.99. The van der Waals surface area contributed by atoms with Crippen molar-refractivity contribution in [3.05, 3.63) is 29.2 Å². The first-order valence-corrected chi connectivity index (χ1v) is 7.96. The van der Waals surface area contributed by atoms with Gasteiger partial charge in [-0.1, -0.05) is 13.8 Å². The van der Waals surface area contributed by atoms with Gasteiger partial charge in [0.15, 0.2) is 5.65 Å². The molecule has 23 heavy (non-hydrogen) atoms. The highest BCUT2D eigenvalue weighted by atomic mass is 16.5. The Bertz CT molecular complexity index is 860. The largest absolute Gasteiger partial charge is 0.476 e. The van der Waals surface area contributed by atoms with E-state index in [4.69, 9.17) is 9.84 Å². The summed E-state index contributed by atoms with van der Waals surface area (Å²) in [5.41, 5.74) is 5.00. The van der Waals surface area contributed by atoms with Gasteiger partial charge in [0, 0.05) is 24.3 Å². The first-order chi connectivity index (χ1) is 10.9. The molecule has 0 fully saturated rings. The van der Waals surface area contributed by atoms with Crippen molar-refractivity contribution < 1.29 is 4.74 Å². The van der Waals surface area contributed by atoms with Crippen molar-refractivity contribution in [2.24, 2.45) is 7.05 Å². The third-order valence-corrected chi connectivity index (χ3v) is 3.99. The van der Waals surface area contributed by atoms with Crippen LogP contribution in [0.1, 0.15) is 43.6 Å². The summed E-state index contributed by atoms with van der Waals surface area (Å²) in [4.78, 5) is 4.57. The quantitative estimate of drug-likeness (QED) is 0.741. The summed E-state index contributed by atoms with van der Waals surface area (Å²) in [5.74, 6) is 0.994. The van der Waals surface area contributed by atoms with Crippen LogP contribution in [0.15, 0.2) is 12.3 Å². The topological polar surface area (TPSA) is 57.8 Å². The average Bonchev–Trinajstić information content (AvgIpc) is 2.96. The highest BCUT2D eigenvalue weighted by Gasteiger charge is 2.19. The normalized spacial score (nSPS) is 11.6. The Morgan fingerprint density at radius 3 is 2.57 bits per heavy atom. The van der Waals surface area contributed by atoms with Gasteiger partial charge in [0.25, 0.3) is 0 Å². The van der Waals surface area contributed by atoms with E-state index >= 15 is 0 Å². The second kappa shape index (κ2) is 5.68. The van der Waals surface area contributed by atoms with Gasteiger partial charge in [-0.25, -0.2) is 4.68 Å². The van der Waals surface area contributed by atoms with Gasteiger partial charge in [-0.05, 0) is 38.3 Å². The molecule has 0 bridgehead atoms. The van der Waals surface area contributed by atoms with Crippen molar-refractivity contribution in [2.75, 3.05) is 6.61 Å². The van der Waals surface area contributed by atoms with E-state index < -0.39 is 0 Å². The van der Waals surface area contributed by atoms with Crippen LogP contribution in [-0.4, -0.2) is 31.2 Å². The minimum atomic E-state index is 0.425. The number of hydrogen-bond acceptors (Lipinski definition) is 4.